The van der Waals surface area contributed by atoms with Gasteiger partial charge in [-0.25, -0.2) is 0 Å². The quantitative estimate of drug-likeness (QED) is 0.855. The topological polar surface area (TPSA) is 25.2 Å². The van der Waals surface area contributed by atoms with Crippen LogP contribution in [0.3, 0.4) is 0 Å². The van der Waals surface area contributed by atoms with Crippen molar-refractivity contribution in [3.63, 3.8) is 0 Å². The lowest BCUT2D eigenvalue weighted by Gasteiger charge is -2.14. The first-order valence-electron chi connectivity index (χ1n) is 6.98. The zero-order valence-electron chi connectivity index (χ0n) is 12.2. The van der Waals surface area contributed by atoms with Crippen molar-refractivity contribution in [2.24, 2.45) is 5.92 Å². The van der Waals surface area contributed by atoms with Crippen LogP contribution in [-0.4, -0.2) is 12.6 Å². The molecule has 0 aliphatic carbocycles. The molecule has 1 aromatic heterocycles. The summed E-state index contributed by atoms with van der Waals surface area (Å²) in [6.07, 6.45) is 2.17. The van der Waals surface area contributed by atoms with Crippen LogP contribution in [-0.2, 0) is 0 Å². The second-order valence-electron chi connectivity index (χ2n) is 5.60. The summed E-state index contributed by atoms with van der Waals surface area (Å²) in [4.78, 5) is 0. The maximum absolute atomic E-state index is 5.85. The Morgan fingerprint density at radius 2 is 1.95 bits per heavy atom. The molecule has 0 radical (unpaired) electrons. The van der Waals surface area contributed by atoms with Crippen molar-refractivity contribution in [3.8, 4) is 0 Å². The van der Waals surface area contributed by atoms with Gasteiger partial charge in [-0.05, 0) is 24.1 Å². The molecule has 0 aliphatic rings. The van der Waals surface area contributed by atoms with Gasteiger partial charge < -0.3 is 9.73 Å². The molecule has 1 N–H and O–H groups in total. The predicted octanol–water partition coefficient (Wildman–Crippen LogP) is 4.47. The Hall–Kier alpha value is -1.54. The van der Waals surface area contributed by atoms with E-state index in [2.05, 4.69) is 51.2 Å². The van der Waals surface area contributed by atoms with Gasteiger partial charge in [0.2, 0.25) is 0 Å². The number of rotatable bonds is 5. The normalized spacial score (nSPS) is 12.8. The summed E-state index contributed by atoms with van der Waals surface area (Å²) >= 11 is 0. The highest BCUT2D eigenvalue weighted by Crippen LogP contribution is 2.22. The van der Waals surface area contributed by atoms with Crippen LogP contribution in [0.5, 0.6) is 0 Å². The van der Waals surface area contributed by atoms with Gasteiger partial charge in [-0.15, -0.1) is 0 Å². The van der Waals surface area contributed by atoms with Crippen LogP contribution in [0.25, 0.3) is 17.0 Å². The van der Waals surface area contributed by atoms with Crippen LogP contribution in [0.15, 0.2) is 40.3 Å². The van der Waals surface area contributed by atoms with Crippen molar-refractivity contribution in [1.82, 2.24) is 5.32 Å². The Kier molecular flexibility index (Phi) is 4.43. The molecule has 0 bridgehead atoms. The third kappa shape index (κ3) is 3.71. The van der Waals surface area contributed by atoms with Crippen LogP contribution >= 0.6 is 0 Å². The van der Waals surface area contributed by atoms with E-state index in [0.717, 1.165) is 23.3 Å². The molecule has 102 valence electrons. The van der Waals surface area contributed by atoms with Gasteiger partial charge in [0.25, 0.3) is 0 Å². The van der Waals surface area contributed by atoms with Crippen molar-refractivity contribution in [1.29, 1.82) is 0 Å². The molecule has 19 heavy (non-hydrogen) atoms. The molecular formula is C17H23NO. The number of hydrogen-bond acceptors (Lipinski definition) is 2. The van der Waals surface area contributed by atoms with Gasteiger partial charge in [-0.1, -0.05) is 51.5 Å². The Bertz CT molecular complexity index is 530. The summed E-state index contributed by atoms with van der Waals surface area (Å²) in [5, 5.41) is 4.63. The van der Waals surface area contributed by atoms with Crippen molar-refractivity contribution < 1.29 is 4.42 Å². The molecule has 0 atom stereocenters. The summed E-state index contributed by atoms with van der Waals surface area (Å²) in [7, 11) is 0. The molecule has 0 saturated carbocycles. The minimum atomic E-state index is 0.498. The molecule has 1 aromatic carbocycles. The number of hydrogen-bond donors (Lipinski definition) is 1. The fourth-order valence-corrected chi connectivity index (χ4v) is 2.00. The summed E-state index contributed by atoms with van der Waals surface area (Å²) < 4.78 is 5.85. The van der Waals surface area contributed by atoms with Crippen LogP contribution < -0.4 is 5.32 Å². The first-order chi connectivity index (χ1) is 9.06. The Morgan fingerprint density at radius 3 is 2.58 bits per heavy atom. The SMILES string of the molecule is CC(C)NCC(=Cc1cc2ccccc2o1)C(C)C. The van der Waals surface area contributed by atoms with Crippen LogP contribution in [0.4, 0.5) is 0 Å². The minimum absolute atomic E-state index is 0.498. The van der Waals surface area contributed by atoms with E-state index in [1.54, 1.807) is 0 Å². The number of benzene rings is 1. The molecule has 1 heterocycles. The van der Waals surface area contributed by atoms with E-state index in [4.69, 9.17) is 4.42 Å². The predicted molar refractivity (Wildman–Crippen MR) is 82.2 cm³/mol. The van der Waals surface area contributed by atoms with Crippen LogP contribution in [0.1, 0.15) is 33.5 Å². The zero-order chi connectivity index (χ0) is 13.8. The lowest BCUT2D eigenvalue weighted by atomic mass is 10.0. The number of para-hydroxylation sites is 1. The number of nitrogens with one attached hydrogen (secondary N) is 1. The summed E-state index contributed by atoms with van der Waals surface area (Å²) in [6.45, 7) is 9.68. The molecule has 0 unspecified atom stereocenters. The highest BCUT2D eigenvalue weighted by Gasteiger charge is 2.07. The summed E-state index contributed by atoms with van der Waals surface area (Å²) in [5.74, 6) is 1.45. The fourth-order valence-electron chi connectivity index (χ4n) is 2.00. The van der Waals surface area contributed by atoms with E-state index in [1.807, 2.05) is 18.2 Å². The molecule has 0 spiro atoms. The van der Waals surface area contributed by atoms with Crippen molar-refractivity contribution in [2.45, 2.75) is 33.7 Å². The van der Waals surface area contributed by atoms with E-state index < -0.39 is 0 Å². The highest BCUT2D eigenvalue weighted by molar-refractivity contribution is 5.79. The van der Waals surface area contributed by atoms with E-state index >= 15 is 0 Å². The van der Waals surface area contributed by atoms with Gasteiger partial charge in [-0.2, -0.15) is 0 Å². The van der Waals surface area contributed by atoms with E-state index in [9.17, 15) is 0 Å². The minimum Gasteiger partial charge on any atom is -0.457 e. The van der Waals surface area contributed by atoms with Gasteiger partial charge >= 0.3 is 0 Å². The highest BCUT2D eigenvalue weighted by atomic mass is 16.3. The van der Waals surface area contributed by atoms with E-state index in [1.165, 1.54) is 5.57 Å². The van der Waals surface area contributed by atoms with Gasteiger partial charge in [0, 0.05) is 18.0 Å². The molecule has 2 rings (SSSR count). The van der Waals surface area contributed by atoms with Crippen molar-refractivity contribution in [2.75, 3.05) is 6.54 Å². The third-order valence-corrected chi connectivity index (χ3v) is 3.23. The van der Waals surface area contributed by atoms with Crippen molar-refractivity contribution >= 4 is 17.0 Å². The first kappa shape index (κ1) is 13.9. The van der Waals surface area contributed by atoms with E-state index in [-0.39, 0.29) is 0 Å². The van der Waals surface area contributed by atoms with Gasteiger partial charge in [0.1, 0.15) is 11.3 Å². The Labute approximate surface area is 115 Å². The maximum atomic E-state index is 5.85. The van der Waals surface area contributed by atoms with Gasteiger partial charge in [0.15, 0.2) is 0 Å². The van der Waals surface area contributed by atoms with Gasteiger partial charge in [-0.3, -0.25) is 0 Å². The molecule has 0 fully saturated rings. The molecule has 0 saturated heterocycles. The Morgan fingerprint density at radius 1 is 1.21 bits per heavy atom. The monoisotopic (exact) mass is 257 g/mol. The first-order valence-corrected chi connectivity index (χ1v) is 6.98. The smallest absolute Gasteiger partial charge is 0.134 e. The molecule has 2 nitrogen and oxygen atoms in total. The standard InChI is InChI=1S/C17H23NO/c1-12(2)15(11-18-13(3)4)10-16-9-14-7-5-6-8-17(14)19-16/h5-10,12-13,18H,11H2,1-4H3. The lowest BCUT2D eigenvalue weighted by molar-refractivity contribution is 0.583. The second-order valence-corrected chi connectivity index (χ2v) is 5.60. The fraction of sp³-hybridized carbons (Fsp3) is 0.412. The molecule has 0 aliphatic heterocycles. The van der Waals surface area contributed by atoms with Crippen molar-refractivity contribution in [3.05, 3.63) is 41.7 Å². The maximum Gasteiger partial charge on any atom is 0.134 e. The summed E-state index contributed by atoms with van der Waals surface area (Å²) in [6, 6.07) is 10.7. The second kappa shape index (κ2) is 6.07. The molecule has 0 amide bonds. The lowest BCUT2D eigenvalue weighted by Crippen LogP contribution is -2.26. The van der Waals surface area contributed by atoms with Crippen LogP contribution in [0.2, 0.25) is 0 Å². The summed E-state index contributed by atoms with van der Waals surface area (Å²) in [5.41, 5.74) is 2.32. The van der Waals surface area contributed by atoms with Crippen LogP contribution in [0, 0.1) is 5.92 Å². The van der Waals surface area contributed by atoms with Gasteiger partial charge in [0.05, 0.1) is 0 Å². The molecule has 2 heteroatoms. The average Bonchev–Trinajstić information content (AvgIpc) is 2.76. The molecule has 2 aromatic rings. The zero-order valence-corrected chi connectivity index (χ0v) is 12.2. The number of fused-ring (bicyclic) bond motifs is 1. The van der Waals surface area contributed by atoms with E-state index in [0.29, 0.717) is 12.0 Å². The Balaban J connectivity index is 2.24. The average molecular weight is 257 g/mol. The third-order valence-electron chi connectivity index (χ3n) is 3.23. The molecular weight excluding hydrogens is 234 g/mol. The largest absolute Gasteiger partial charge is 0.457 e. The number of furan rings is 1.